The van der Waals surface area contributed by atoms with E-state index in [2.05, 4.69) is 4.98 Å². The average Bonchev–Trinajstić information content (AvgIpc) is 3.12. The molecule has 2 fully saturated rings. The van der Waals surface area contributed by atoms with Gasteiger partial charge in [-0.1, -0.05) is 6.07 Å². The van der Waals surface area contributed by atoms with Crippen LogP contribution in [0.3, 0.4) is 0 Å². The summed E-state index contributed by atoms with van der Waals surface area (Å²) in [5, 5.41) is 11.4. The number of amides is 1. The van der Waals surface area contributed by atoms with Crippen molar-refractivity contribution >= 4 is 16.8 Å². The van der Waals surface area contributed by atoms with E-state index in [4.69, 9.17) is 0 Å². The van der Waals surface area contributed by atoms with E-state index >= 15 is 0 Å². The van der Waals surface area contributed by atoms with Crippen LogP contribution in [0.5, 0.6) is 0 Å². The smallest absolute Gasteiger partial charge is 0.254 e. The third-order valence-corrected chi connectivity index (χ3v) is 4.36. The van der Waals surface area contributed by atoms with Gasteiger partial charge in [-0.3, -0.25) is 4.79 Å². The van der Waals surface area contributed by atoms with Crippen molar-refractivity contribution < 1.29 is 9.90 Å². The fourth-order valence-electron chi connectivity index (χ4n) is 3.00. The van der Waals surface area contributed by atoms with Crippen LogP contribution in [0.15, 0.2) is 30.5 Å². The van der Waals surface area contributed by atoms with Crippen molar-refractivity contribution in [1.82, 2.24) is 9.88 Å². The maximum absolute atomic E-state index is 12.3. The van der Waals surface area contributed by atoms with E-state index in [0.29, 0.717) is 24.6 Å². The molecule has 1 saturated heterocycles. The Hall–Kier alpha value is -1.81. The zero-order valence-corrected chi connectivity index (χ0v) is 10.6. The van der Waals surface area contributed by atoms with E-state index in [1.165, 1.54) is 0 Å². The summed E-state index contributed by atoms with van der Waals surface area (Å²) in [6, 6.07) is 7.67. The quantitative estimate of drug-likeness (QED) is 0.860. The summed E-state index contributed by atoms with van der Waals surface area (Å²) in [4.78, 5) is 17.2. The zero-order chi connectivity index (χ0) is 13.0. The lowest BCUT2D eigenvalue weighted by atomic mass is 9.88. The van der Waals surface area contributed by atoms with Gasteiger partial charge in [0, 0.05) is 17.3 Å². The SMILES string of the molecule is O=C(c1ccc2cc[nH]c2c1)N1CC(O)(C2CC2)C1. The lowest BCUT2D eigenvalue weighted by Crippen LogP contribution is -2.64. The van der Waals surface area contributed by atoms with E-state index in [1.54, 1.807) is 4.90 Å². The molecule has 0 unspecified atom stereocenters. The first kappa shape index (κ1) is 11.1. The third kappa shape index (κ3) is 1.67. The number of fused-ring (bicyclic) bond motifs is 1. The molecule has 1 aliphatic heterocycles. The number of aromatic amines is 1. The van der Waals surface area contributed by atoms with E-state index in [-0.39, 0.29) is 5.91 Å². The first-order chi connectivity index (χ1) is 9.16. The third-order valence-electron chi connectivity index (χ3n) is 4.36. The Kier molecular flexibility index (Phi) is 2.10. The number of nitrogens with one attached hydrogen (secondary N) is 1. The number of benzene rings is 1. The van der Waals surface area contributed by atoms with Crippen molar-refractivity contribution in [2.75, 3.05) is 13.1 Å². The maximum Gasteiger partial charge on any atom is 0.254 e. The number of aromatic nitrogens is 1. The van der Waals surface area contributed by atoms with Gasteiger partial charge in [0.15, 0.2) is 0 Å². The number of carbonyl (C=O) groups excluding carboxylic acids is 1. The van der Waals surface area contributed by atoms with Gasteiger partial charge in [0.25, 0.3) is 5.91 Å². The molecule has 0 atom stereocenters. The van der Waals surface area contributed by atoms with Gasteiger partial charge in [0.2, 0.25) is 0 Å². The Morgan fingerprint density at radius 1 is 1.32 bits per heavy atom. The highest BCUT2D eigenvalue weighted by Gasteiger charge is 2.53. The summed E-state index contributed by atoms with van der Waals surface area (Å²) >= 11 is 0. The van der Waals surface area contributed by atoms with Gasteiger partial charge >= 0.3 is 0 Å². The first-order valence-corrected chi connectivity index (χ1v) is 6.74. The minimum atomic E-state index is -0.605. The van der Waals surface area contributed by atoms with Crippen LogP contribution in [0.4, 0.5) is 0 Å². The summed E-state index contributed by atoms with van der Waals surface area (Å²) in [6.45, 7) is 0.971. The molecule has 2 aromatic rings. The van der Waals surface area contributed by atoms with Crippen LogP contribution >= 0.6 is 0 Å². The number of likely N-dealkylation sites (tertiary alicyclic amines) is 1. The van der Waals surface area contributed by atoms with Crippen LogP contribution in [0.1, 0.15) is 23.2 Å². The summed E-state index contributed by atoms with van der Waals surface area (Å²) < 4.78 is 0. The van der Waals surface area contributed by atoms with Gasteiger partial charge in [-0.25, -0.2) is 0 Å². The first-order valence-electron chi connectivity index (χ1n) is 6.74. The minimum Gasteiger partial charge on any atom is -0.386 e. The molecule has 1 aromatic heterocycles. The van der Waals surface area contributed by atoms with Crippen molar-refractivity contribution in [1.29, 1.82) is 0 Å². The van der Waals surface area contributed by atoms with Gasteiger partial charge in [0.1, 0.15) is 5.60 Å². The number of carbonyl (C=O) groups is 1. The number of aliphatic hydroxyl groups is 1. The molecule has 19 heavy (non-hydrogen) atoms. The Labute approximate surface area is 111 Å². The Balaban J connectivity index is 1.54. The average molecular weight is 256 g/mol. The second-order valence-electron chi connectivity index (χ2n) is 5.82. The van der Waals surface area contributed by atoms with E-state index in [9.17, 15) is 9.90 Å². The second kappa shape index (κ2) is 3.61. The monoisotopic (exact) mass is 256 g/mol. The maximum atomic E-state index is 12.3. The van der Waals surface area contributed by atoms with Gasteiger partial charge in [-0.2, -0.15) is 0 Å². The fraction of sp³-hybridized carbons (Fsp3) is 0.400. The van der Waals surface area contributed by atoms with Gasteiger partial charge in [0.05, 0.1) is 13.1 Å². The van der Waals surface area contributed by atoms with Crippen LogP contribution in [0.2, 0.25) is 0 Å². The van der Waals surface area contributed by atoms with Gasteiger partial charge in [-0.05, 0) is 42.3 Å². The molecule has 4 rings (SSSR count). The molecule has 2 heterocycles. The predicted molar refractivity (Wildman–Crippen MR) is 71.9 cm³/mol. The van der Waals surface area contributed by atoms with Crippen molar-refractivity contribution in [3.8, 4) is 0 Å². The molecule has 4 nitrogen and oxygen atoms in total. The molecule has 2 aliphatic rings. The Morgan fingerprint density at radius 2 is 2.11 bits per heavy atom. The molecule has 1 aromatic carbocycles. The molecular weight excluding hydrogens is 240 g/mol. The number of nitrogens with zero attached hydrogens (tertiary/aromatic N) is 1. The van der Waals surface area contributed by atoms with Crippen LogP contribution in [-0.2, 0) is 0 Å². The lowest BCUT2D eigenvalue weighted by Gasteiger charge is -2.47. The van der Waals surface area contributed by atoms with Crippen LogP contribution in [0.25, 0.3) is 10.9 Å². The topological polar surface area (TPSA) is 56.3 Å². The highest BCUT2D eigenvalue weighted by atomic mass is 16.3. The molecule has 0 radical (unpaired) electrons. The van der Waals surface area contributed by atoms with Crippen LogP contribution in [0, 0.1) is 5.92 Å². The number of rotatable bonds is 2. The number of hydrogen-bond acceptors (Lipinski definition) is 2. The number of β-amino-alcohol motifs (C(OH)–C–C–N with tert-alkyl or cyclic N) is 1. The van der Waals surface area contributed by atoms with Gasteiger partial charge in [-0.15, -0.1) is 0 Å². The lowest BCUT2D eigenvalue weighted by molar-refractivity contribution is -0.0958. The van der Waals surface area contributed by atoms with Crippen molar-refractivity contribution in [3.63, 3.8) is 0 Å². The van der Waals surface area contributed by atoms with Gasteiger partial charge < -0.3 is 15.0 Å². The van der Waals surface area contributed by atoms with E-state index < -0.39 is 5.60 Å². The predicted octanol–water partition coefficient (Wildman–Crippen LogP) is 1.76. The minimum absolute atomic E-state index is 0.0156. The molecular formula is C15H16N2O2. The van der Waals surface area contributed by atoms with Crippen LogP contribution < -0.4 is 0 Å². The zero-order valence-electron chi connectivity index (χ0n) is 10.6. The molecule has 4 heteroatoms. The molecule has 1 saturated carbocycles. The number of H-pyrrole nitrogens is 1. The van der Waals surface area contributed by atoms with Crippen LogP contribution in [-0.4, -0.2) is 39.6 Å². The van der Waals surface area contributed by atoms with Crippen molar-refractivity contribution in [3.05, 3.63) is 36.0 Å². The standard InChI is InChI=1S/C15H16N2O2/c18-14(17-8-15(19,9-17)12-3-4-12)11-2-1-10-5-6-16-13(10)7-11/h1-2,5-7,12,16,19H,3-4,8-9H2. The largest absolute Gasteiger partial charge is 0.386 e. The normalized spacial score (nSPS) is 21.4. The summed E-state index contributed by atoms with van der Waals surface area (Å²) in [6.07, 6.45) is 4.08. The summed E-state index contributed by atoms with van der Waals surface area (Å²) in [5.74, 6) is 0.435. The Bertz CT molecular complexity index is 651. The van der Waals surface area contributed by atoms with E-state index in [1.807, 2.05) is 30.5 Å². The second-order valence-corrected chi connectivity index (χ2v) is 5.82. The van der Waals surface area contributed by atoms with E-state index in [0.717, 1.165) is 23.7 Å². The molecule has 1 amide bonds. The molecule has 98 valence electrons. The molecule has 0 bridgehead atoms. The molecule has 1 aliphatic carbocycles. The summed E-state index contributed by atoms with van der Waals surface area (Å²) in [7, 11) is 0. The number of hydrogen-bond donors (Lipinski definition) is 2. The Morgan fingerprint density at radius 3 is 2.84 bits per heavy atom. The molecule has 0 spiro atoms. The molecule has 2 N–H and O–H groups in total. The fourth-order valence-corrected chi connectivity index (χ4v) is 3.00. The van der Waals surface area contributed by atoms with Crippen molar-refractivity contribution in [2.45, 2.75) is 18.4 Å². The highest BCUT2D eigenvalue weighted by Crippen LogP contribution is 2.44. The summed E-state index contributed by atoms with van der Waals surface area (Å²) in [5.41, 5.74) is 1.06. The van der Waals surface area contributed by atoms with Crippen molar-refractivity contribution in [2.24, 2.45) is 5.92 Å². The highest BCUT2D eigenvalue weighted by molar-refractivity contribution is 5.98.